The number of ether oxygens (including phenoxy) is 1. The Morgan fingerprint density at radius 3 is 2.54 bits per heavy atom. The Balaban J connectivity index is 2.07. The third-order valence-corrected chi connectivity index (χ3v) is 4.24. The fourth-order valence-corrected chi connectivity index (χ4v) is 2.99. The largest absolute Gasteiger partial charge is 0.490 e. The summed E-state index contributed by atoms with van der Waals surface area (Å²) in [5, 5.41) is 13.2. The van der Waals surface area contributed by atoms with Crippen molar-refractivity contribution in [3.63, 3.8) is 0 Å². The Morgan fingerprint density at radius 2 is 1.85 bits per heavy atom. The minimum atomic E-state index is -0.552. The first-order chi connectivity index (χ1) is 12.6. The summed E-state index contributed by atoms with van der Waals surface area (Å²) in [6, 6.07) is 17.8. The van der Waals surface area contributed by atoms with E-state index in [4.69, 9.17) is 4.74 Å². The van der Waals surface area contributed by atoms with Crippen LogP contribution in [0.3, 0.4) is 0 Å². The van der Waals surface area contributed by atoms with Crippen LogP contribution in [-0.4, -0.2) is 24.5 Å². The summed E-state index contributed by atoms with van der Waals surface area (Å²) in [5.41, 5.74) is 0.786. The number of amides is 1. The number of carbonyl (C=O) groups excluding carboxylic acids is 1. The van der Waals surface area contributed by atoms with Crippen LogP contribution in [-0.2, 0) is 0 Å². The van der Waals surface area contributed by atoms with E-state index < -0.39 is 4.92 Å². The van der Waals surface area contributed by atoms with E-state index in [0.29, 0.717) is 6.54 Å². The van der Waals surface area contributed by atoms with Crippen molar-refractivity contribution in [1.82, 2.24) is 0 Å². The molecule has 6 nitrogen and oxygen atoms in total. The van der Waals surface area contributed by atoms with Gasteiger partial charge in [0.1, 0.15) is 0 Å². The molecule has 0 atom stereocenters. The van der Waals surface area contributed by atoms with Crippen LogP contribution in [0.2, 0.25) is 0 Å². The maximum atomic E-state index is 13.1. The van der Waals surface area contributed by atoms with Crippen molar-refractivity contribution in [3.8, 4) is 5.75 Å². The first kappa shape index (κ1) is 17.4. The molecule has 0 heterocycles. The normalized spacial score (nSPS) is 10.5. The first-order valence-electron chi connectivity index (χ1n) is 8.19. The third-order valence-electron chi connectivity index (χ3n) is 4.24. The van der Waals surface area contributed by atoms with Gasteiger partial charge in [0.2, 0.25) is 0 Å². The predicted molar refractivity (Wildman–Crippen MR) is 101 cm³/mol. The number of methoxy groups -OCH3 is 1. The summed E-state index contributed by atoms with van der Waals surface area (Å²) in [5.74, 6) is -0.172. The van der Waals surface area contributed by atoms with E-state index in [2.05, 4.69) is 0 Å². The molecule has 26 heavy (non-hydrogen) atoms. The van der Waals surface area contributed by atoms with Gasteiger partial charge in [0.15, 0.2) is 5.75 Å². The molecule has 0 saturated carbocycles. The van der Waals surface area contributed by atoms with Crippen LogP contribution in [0.15, 0.2) is 60.7 Å². The van der Waals surface area contributed by atoms with Gasteiger partial charge in [-0.15, -0.1) is 0 Å². The van der Waals surface area contributed by atoms with Crippen LogP contribution in [0, 0.1) is 10.1 Å². The van der Waals surface area contributed by atoms with Gasteiger partial charge in [-0.05, 0) is 30.5 Å². The van der Waals surface area contributed by atoms with E-state index in [0.717, 1.165) is 16.5 Å². The summed E-state index contributed by atoms with van der Waals surface area (Å²) in [4.78, 5) is 25.4. The molecular weight excluding hydrogens is 332 g/mol. The van der Waals surface area contributed by atoms with E-state index in [-0.39, 0.29) is 22.9 Å². The van der Waals surface area contributed by atoms with Gasteiger partial charge in [0.05, 0.1) is 17.7 Å². The molecule has 3 aromatic rings. The molecule has 0 spiro atoms. The standard InChI is InChI=1S/C20H18N2O4/c1-3-21(17-10-6-8-14-7-4-5-9-16(14)17)20(23)15-11-12-19(26-2)18(13-15)22(24)25/h4-13H,3H2,1-2H3. The van der Waals surface area contributed by atoms with Crippen molar-refractivity contribution < 1.29 is 14.5 Å². The van der Waals surface area contributed by atoms with Crippen LogP contribution < -0.4 is 9.64 Å². The highest BCUT2D eigenvalue weighted by molar-refractivity contribution is 6.11. The second-order valence-corrected chi connectivity index (χ2v) is 5.69. The summed E-state index contributed by atoms with van der Waals surface area (Å²) in [6.07, 6.45) is 0. The zero-order valence-corrected chi connectivity index (χ0v) is 14.5. The molecule has 1 amide bonds. The molecule has 3 aromatic carbocycles. The van der Waals surface area contributed by atoms with Crippen LogP contribution in [0.1, 0.15) is 17.3 Å². The van der Waals surface area contributed by atoms with Gasteiger partial charge in [-0.2, -0.15) is 0 Å². The lowest BCUT2D eigenvalue weighted by molar-refractivity contribution is -0.385. The van der Waals surface area contributed by atoms with Crippen molar-refractivity contribution in [2.75, 3.05) is 18.6 Å². The van der Waals surface area contributed by atoms with E-state index in [1.165, 1.54) is 19.2 Å². The third kappa shape index (κ3) is 3.09. The summed E-state index contributed by atoms with van der Waals surface area (Å²) in [7, 11) is 1.36. The second kappa shape index (κ2) is 7.23. The molecule has 0 radical (unpaired) electrons. The second-order valence-electron chi connectivity index (χ2n) is 5.69. The number of fused-ring (bicyclic) bond motifs is 1. The molecular formula is C20H18N2O4. The maximum Gasteiger partial charge on any atom is 0.311 e. The van der Waals surface area contributed by atoms with Gasteiger partial charge in [0, 0.05) is 23.6 Å². The fourth-order valence-electron chi connectivity index (χ4n) is 2.99. The number of benzene rings is 3. The highest BCUT2D eigenvalue weighted by atomic mass is 16.6. The Kier molecular flexibility index (Phi) is 4.84. The Hall–Kier alpha value is -3.41. The average Bonchev–Trinajstić information content (AvgIpc) is 2.68. The molecule has 132 valence electrons. The van der Waals surface area contributed by atoms with E-state index in [1.807, 2.05) is 49.4 Å². The van der Waals surface area contributed by atoms with Gasteiger partial charge in [-0.25, -0.2) is 0 Å². The monoisotopic (exact) mass is 350 g/mol. The minimum Gasteiger partial charge on any atom is -0.490 e. The Labute approximate surface area is 150 Å². The highest BCUT2D eigenvalue weighted by Gasteiger charge is 2.22. The average molecular weight is 350 g/mol. The van der Waals surface area contributed by atoms with Crippen LogP contribution in [0.25, 0.3) is 10.8 Å². The van der Waals surface area contributed by atoms with Crippen LogP contribution >= 0.6 is 0 Å². The zero-order chi connectivity index (χ0) is 18.7. The SMILES string of the molecule is CCN(C(=O)c1ccc(OC)c([N+](=O)[O-])c1)c1cccc2ccccc12. The Bertz CT molecular complexity index is 979. The molecule has 0 aliphatic heterocycles. The number of hydrogen-bond donors (Lipinski definition) is 0. The van der Waals surface area contributed by atoms with Gasteiger partial charge in [-0.3, -0.25) is 14.9 Å². The number of rotatable bonds is 5. The molecule has 0 bridgehead atoms. The Morgan fingerprint density at radius 1 is 1.12 bits per heavy atom. The number of nitro groups is 1. The van der Waals surface area contributed by atoms with Crippen molar-refractivity contribution in [1.29, 1.82) is 0 Å². The van der Waals surface area contributed by atoms with Gasteiger partial charge < -0.3 is 9.64 Å². The van der Waals surface area contributed by atoms with Crippen molar-refractivity contribution in [2.24, 2.45) is 0 Å². The predicted octanol–water partition coefficient (Wildman–Crippen LogP) is 4.42. The smallest absolute Gasteiger partial charge is 0.311 e. The molecule has 0 fully saturated rings. The van der Waals surface area contributed by atoms with Crippen molar-refractivity contribution >= 4 is 28.1 Å². The van der Waals surface area contributed by atoms with Gasteiger partial charge >= 0.3 is 5.69 Å². The quantitative estimate of drug-likeness (QED) is 0.504. The minimum absolute atomic E-state index is 0.125. The van der Waals surface area contributed by atoms with E-state index in [1.54, 1.807) is 11.0 Å². The lowest BCUT2D eigenvalue weighted by atomic mass is 10.1. The van der Waals surface area contributed by atoms with E-state index >= 15 is 0 Å². The molecule has 6 heteroatoms. The summed E-state index contributed by atoms with van der Waals surface area (Å²) < 4.78 is 5.00. The molecule has 0 aliphatic carbocycles. The number of hydrogen-bond acceptors (Lipinski definition) is 4. The highest BCUT2D eigenvalue weighted by Crippen LogP contribution is 2.31. The first-order valence-corrected chi connectivity index (χ1v) is 8.19. The number of anilines is 1. The fraction of sp³-hybridized carbons (Fsp3) is 0.150. The van der Waals surface area contributed by atoms with Crippen LogP contribution in [0.4, 0.5) is 11.4 Å². The van der Waals surface area contributed by atoms with Gasteiger partial charge in [-0.1, -0.05) is 36.4 Å². The van der Waals surface area contributed by atoms with E-state index in [9.17, 15) is 14.9 Å². The molecule has 0 saturated heterocycles. The van der Waals surface area contributed by atoms with Gasteiger partial charge in [0.25, 0.3) is 5.91 Å². The molecule has 0 N–H and O–H groups in total. The number of nitrogens with zero attached hydrogens (tertiary/aromatic N) is 2. The van der Waals surface area contributed by atoms with Crippen molar-refractivity contribution in [3.05, 3.63) is 76.3 Å². The number of carbonyl (C=O) groups is 1. The summed E-state index contributed by atoms with van der Waals surface area (Å²) in [6.45, 7) is 2.31. The van der Waals surface area contributed by atoms with Crippen LogP contribution in [0.5, 0.6) is 5.75 Å². The topological polar surface area (TPSA) is 72.7 Å². The lowest BCUT2D eigenvalue weighted by Gasteiger charge is -2.23. The molecule has 0 aliphatic rings. The molecule has 0 aromatic heterocycles. The molecule has 0 unspecified atom stereocenters. The summed E-state index contributed by atoms with van der Waals surface area (Å²) >= 11 is 0. The number of nitro benzene ring substituents is 1. The lowest BCUT2D eigenvalue weighted by Crippen LogP contribution is -2.30. The zero-order valence-electron chi connectivity index (χ0n) is 14.5. The van der Waals surface area contributed by atoms with Crippen molar-refractivity contribution in [2.45, 2.75) is 6.92 Å². The molecule has 3 rings (SSSR count). The maximum absolute atomic E-state index is 13.1.